The summed E-state index contributed by atoms with van der Waals surface area (Å²) in [7, 11) is 0. The van der Waals surface area contributed by atoms with E-state index < -0.39 is 0 Å². The minimum Gasteiger partial charge on any atom is -0.394 e. The number of ether oxygens (including phenoxy) is 3. The molecule has 2 bridgehead atoms. The smallest absolute Gasteiger partial charge is 0.158 e. The van der Waals surface area contributed by atoms with E-state index in [1.165, 1.54) is 12.8 Å². The van der Waals surface area contributed by atoms with Crippen LogP contribution in [0, 0.1) is 22.7 Å². The molecule has 26 heavy (non-hydrogen) atoms. The van der Waals surface area contributed by atoms with Crippen molar-refractivity contribution < 1.29 is 19.3 Å². The molecule has 1 aromatic rings. The Morgan fingerprint density at radius 1 is 1.23 bits per heavy atom. The van der Waals surface area contributed by atoms with E-state index in [2.05, 4.69) is 20.8 Å². The van der Waals surface area contributed by atoms with Gasteiger partial charge in [0.05, 0.1) is 25.9 Å². The molecule has 4 heteroatoms. The molecule has 0 amide bonds. The molecule has 4 rings (SSSR count). The first-order valence-electron chi connectivity index (χ1n) is 9.99. The maximum absolute atomic E-state index is 9.68. The fourth-order valence-corrected chi connectivity index (χ4v) is 5.80. The summed E-state index contributed by atoms with van der Waals surface area (Å²) in [6.07, 6.45) is 3.26. The first-order chi connectivity index (χ1) is 12.5. The number of hydrogen-bond acceptors (Lipinski definition) is 4. The van der Waals surface area contributed by atoms with Crippen molar-refractivity contribution in [2.45, 2.75) is 65.1 Å². The van der Waals surface area contributed by atoms with Gasteiger partial charge in [0.1, 0.15) is 6.10 Å². The van der Waals surface area contributed by atoms with Gasteiger partial charge in [0.15, 0.2) is 6.29 Å². The van der Waals surface area contributed by atoms with Crippen LogP contribution in [-0.4, -0.2) is 36.8 Å². The van der Waals surface area contributed by atoms with Crippen LogP contribution in [0.15, 0.2) is 30.3 Å². The summed E-state index contributed by atoms with van der Waals surface area (Å²) < 4.78 is 18.2. The fraction of sp³-hybridized carbons (Fsp3) is 0.727. The molecule has 0 unspecified atom stereocenters. The second-order valence-corrected chi connectivity index (χ2v) is 9.11. The molecule has 0 spiro atoms. The Kier molecular flexibility index (Phi) is 4.89. The highest BCUT2D eigenvalue weighted by Gasteiger charge is 2.69. The van der Waals surface area contributed by atoms with Crippen molar-refractivity contribution in [3.8, 4) is 0 Å². The average molecular weight is 360 g/mol. The normalized spacial score (nSPS) is 38.5. The van der Waals surface area contributed by atoms with Crippen molar-refractivity contribution >= 4 is 0 Å². The van der Waals surface area contributed by atoms with Gasteiger partial charge in [-0.2, -0.15) is 0 Å². The molecule has 1 N–H and O–H groups in total. The molecule has 1 heterocycles. The standard InChI is InChI=1S/C22H32O4/c1-21(2)18-9-10-22(21,3)20-17(18)11-19(26-20)25-16(12-23)14-24-13-15-7-5-4-6-8-15/h4-8,16-20,23H,9-14H2,1-3H3/t16-,17+,18-,19+,20+,22+/m1/s1. The van der Waals surface area contributed by atoms with Crippen molar-refractivity contribution in [3.05, 3.63) is 35.9 Å². The van der Waals surface area contributed by atoms with E-state index in [1.54, 1.807) is 0 Å². The maximum Gasteiger partial charge on any atom is 0.158 e. The Bertz CT molecular complexity index is 616. The molecule has 6 atom stereocenters. The van der Waals surface area contributed by atoms with Gasteiger partial charge in [-0.05, 0) is 41.1 Å². The average Bonchev–Trinajstić information content (AvgIpc) is 3.19. The van der Waals surface area contributed by atoms with Crippen LogP contribution in [0.5, 0.6) is 0 Å². The summed E-state index contributed by atoms with van der Waals surface area (Å²) in [5, 5.41) is 9.68. The largest absolute Gasteiger partial charge is 0.394 e. The summed E-state index contributed by atoms with van der Waals surface area (Å²) in [6.45, 7) is 8.09. The summed E-state index contributed by atoms with van der Waals surface area (Å²) in [5.74, 6) is 1.33. The van der Waals surface area contributed by atoms with E-state index in [0.717, 1.165) is 17.9 Å². The summed E-state index contributed by atoms with van der Waals surface area (Å²) >= 11 is 0. The van der Waals surface area contributed by atoms with Gasteiger partial charge < -0.3 is 19.3 Å². The number of aliphatic hydroxyl groups is 1. The van der Waals surface area contributed by atoms with Crippen LogP contribution in [0.2, 0.25) is 0 Å². The van der Waals surface area contributed by atoms with Gasteiger partial charge in [-0.25, -0.2) is 0 Å². The number of fused-ring (bicyclic) bond motifs is 5. The van der Waals surface area contributed by atoms with Crippen molar-refractivity contribution in [2.24, 2.45) is 22.7 Å². The molecule has 0 radical (unpaired) electrons. The van der Waals surface area contributed by atoms with Gasteiger partial charge in [-0.3, -0.25) is 0 Å². The lowest BCUT2D eigenvalue weighted by atomic mass is 9.70. The molecule has 0 aromatic heterocycles. The van der Waals surface area contributed by atoms with Gasteiger partial charge in [-0.1, -0.05) is 51.1 Å². The van der Waals surface area contributed by atoms with Crippen molar-refractivity contribution in [2.75, 3.05) is 13.2 Å². The molecule has 4 nitrogen and oxygen atoms in total. The van der Waals surface area contributed by atoms with Crippen molar-refractivity contribution in [3.63, 3.8) is 0 Å². The third kappa shape index (κ3) is 2.91. The lowest BCUT2D eigenvalue weighted by Crippen LogP contribution is -2.38. The highest BCUT2D eigenvalue weighted by atomic mass is 16.7. The highest BCUT2D eigenvalue weighted by Crippen LogP contribution is 2.71. The topological polar surface area (TPSA) is 47.9 Å². The molecule has 3 aliphatic rings. The van der Waals surface area contributed by atoms with Crippen LogP contribution in [0.1, 0.15) is 45.6 Å². The molecule has 1 saturated heterocycles. The zero-order valence-corrected chi connectivity index (χ0v) is 16.2. The van der Waals surface area contributed by atoms with Gasteiger partial charge in [-0.15, -0.1) is 0 Å². The lowest BCUT2D eigenvalue weighted by molar-refractivity contribution is -0.201. The Labute approximate surface area is 156 Å². The van der Waals surface area contributed by atoms with Crippen LogP contribution in [0.25, 0.3) is 0 Å². The minimum atomic E-state index is -0.332. The molecular weight excluding hydrogens is 328 g/mol. The first kappa shape index (κ1) is 18.4. The summed E-state index contributed by atoms with van der Waals surface area (Å²) in [6, 6.07) is 10.1. The second kappa shape index (κ2) is 6.90. The summed E-state index contributed by atoms with van der Waals surface area (Å²) in [5.41, 5.74) is 1.73. The Hall–Kier alpha value is -0.940. The van der Waals surface area contributed by atoms with E-state index >= 15 is 0 Å². The molecule has 2 aliphatic carbocycles. The number of hydrogen-bond donors (Lipinski definition) is 1. The zero-order valence-electron chi connectivity index (χ0n) is 16.2. The summed E-state index contributed by atoms with van der Waals surface area (Å²) in [4.78, 5) is 0. The van der Waals surface area contributed by atoms with E-state index in [1.807, 2.05) is 30.3 Å². The van der Waals surface area contributed by atoms with Crippen LogP contribution >= 0.6 is 0 Å². The van der Waals surface area contributed by atoms with E-state index in [-0.39, 0.29) is 24.4 Å². The highest BCUT2D eigenvalue weighted by molar-refractivity contribution is 5.16. The van der Waals surface area contributed by atoms with Gasteiger partial charge in [0.25, 0.3) is 0 Å². The molecule has 144 valence electrons. The van der Waals surface area contributed by atoms with E-state index in [9.17, 15) is 5.11 Å². The number of aliphatic hydroxyl groups excluding tert-OH is 1. The van der Waals surface area contributed by atoms with Crippen LogP contribution < -0.4 is 0 Å². The van der Waals surface area contributed by atoms with E-state index in [4.69, 9.17) is 14.2 Å². The maximum atomic E-state index is 9.68. The monoisotopic (exact) mass is 360 g/mol. The van der Waals surface area contributed by atoms with Crippen LogP contribution in [0.3, 0.4) is 0 Å². The number of benzene rings is 1. The van der Waals surface area contributed by atoms with Gasteiger partial charge >= 0.3 is 0 Å². The zero-order chi connectivity index (χ0) is 18.4. The van der Waals surface area contributed by atoms with Crippen molar-refractivity contribution in [1.82, 2.24) is 0 Å². The van der Waals surface area contributed by atoms with Gasteiger partial charge in [0, 0.05) is 6.42 Å². The molecule has 2 saturated carbocycles. The Morgan fingerprint density at radius 3 is 2.69 bits per heavy atom. The number of rotatable bonds is 7. The van der Waals surface area contributed by atoms with Crippen LogP contribution in [-0.2, 0) is 20.8 Å². The van der Waals surface area contributed by atoms with E-state index in [0.29, 0.717) is 30.7 Å². The molecule has 1 aromatic carbocycles. The van der Waals surface area contributed by atoms with Gasteiger partial charge in [0.2, 0.25) is 0 Å². The Morgan fingerprint density at radius 2 is 2.00 bits per heavy atom. The molecular formula is C22H32O4. The van der Waals surface area contributed by atoms with Crippen LogP contribution in [0.4, 0.5) is 0 Å². The lowest BCUT2D eigenvalue weighted by Gasteiger charge is -2.38. The SMILES string of the molecule is CC1(C)[C@@H]2CC[C@@]1(C)[C@H]1O[C@H](O[C@H](CO)COCc3ccccc3)C[C@@H]21. The van der Waals surface area contributed by atoms with Crippen molar-refractivity contribution in [1.29, 1.82) is 0 Å². The fourth-order valence-electron chi connectivity index (χ4n) is 5.80. The minimum absolute atomic E-state index is 0.0455. The predicted octanol–water partition coefficient (Wildman–Crippen LogP) is 3.77. The quantitative estimate of drug-likeness (QED) is 0.804. The molecule has 3 fully saturated rings. The second-order valence-electron chi connectivity index (χ2n) is 9.11. The first-order valence-corrected chi connectivity index (χ1v) is 9.99. The predicted molar refractivity (Wildman–Crippen MR) is 99.4 cm³/mol. The third-order valence-electron chi connectivity index (χ3n) is 7.63. The molecule has 1 aliphatic heterocycles. The third-order valence-corrected chi connectivity index (χ3v) is 7.63. The Balaban J connectivity index is 1.30.